The predicted molar refractivity (Wildman–Crippen MR) is 83.9 cm³/mol. The van der Waals surface area contributed by atoms with Crippen LogP contribution in [0.5, 0.6) is 0 Å². The molecule has 0 aliphatic carbocycles. The van der Waals surface area contributed by atoms with Crippen LogP contribution >= 0.6 is 11.3 Å². The first-order valence-corrected chi connectivity index (χ1v) is 7.63. The summed E-state index contributed by atoms with van der Waals surface area (Å²) in [6.07, 6.45) is 4.53. The third-order valence-corrected chi connectivity index (χ3v) is 3.52. The topological polar surface area (TPSA) is 101 Å². The molecular formula is C14H16N4O3S. The third kappa shape index (κ3) is 4.32. The first-order valence-electron chi connectivity index (χ1n) is 6.75. The van der Waals surface area contributed by atoms with Gasteiger partial charge in [0, 0.05) is 17.6 Å². The summed E-state index contributed by atoms with van der Waals surface area (Å²) in [6, 6.07) is 0.0648. The van der Waals surface area contributed by atoms with E-state index in [1.165, 1.54) is 23.6 Å². The van der Waals surface area contributed by atoms with Crippen molar-refractivity contribution in [2.24, 2.45) is 10.9 Å². The first-order chi connectivity index (χ1) is 10.5. The van der Waals surface area contributed by atoms with Gasteiger partial charge in [0.1, 0.15) is 5.92 Å². The summed E-state index contributed by atoms with van der Waals surface area (Å²) < 4.78 is 0. The molecule has 0 saturated carbocycles. The Kier molecular flexibility index (Phi) is 5.16. The van der Waals surface area contributed by atoms with E-state index in [4.69, 9.17) is 0 Å². The van der Waals surface area contributed by atoms with Crippen LogP contribution in [-0.2, 0) is 20.8 Å². The van der Waals surface area contributed by atoms with Gasteiger partial charge in [-0.3, -0.25) is 14.4 Å². The second kappa shape index (κ2) is 7.08. The minimum absolute atomic E-state index is 0.0648. The molecule has 1 aromatic rings. The van der Waals surface area contributed by atoms with Crippen LogP contribution in [0.4, 0.5) is 5.13 Å². The molecule has 0 saturated heterocycles. The Morgan fingerprint density at radius 1 is 1.41 bits per heavy atom. The van der Waals surface area contributed by atoms with E-state index in [2.05, 4.69) is 20.6 Å². The van der Waals surface area contributed by atoms with Gasteiger partial charge < -0.3 is 10.6 Å². The van der Waals surface area contributed by atoms with Crippen LogP contribution in [0.25, 0.3) is 0 Å². The van der Waals surface area contributed by atoms with Crippen molar-refractivity contribution in [1.29, 1.82) is 0 Å². The molecule has 3 amide bonds. The molecule has 1 unspecified atom stereocenters. The number of nitrogens with zero attached hydrogens (tertiary/aromatic N) is 2. The fourth-order valence-corrected chi connectivity index (χ4v) is 2.52. The van der Waals surface area contributed by atoms with Gasteiger partial charge in [0.05, 0.1) is 12.1 Å². The summed E-state index contributed by atoms with van der Waals surface area (Å²) in [5, 5.41) is 7.39. The lowest BCUT2D eigenvalue weighted by Crippen LogP contribution is -2.31. The van der Waals surface area contributed by atoms with Crippen molar-refractivity contribution < 1.29 is 14.4 Å². The van der Waals surface area contributed by atoms with Crippen LogP contribution in [-0.4, -0.2) is 35.0 Å². The quantitative estimate of drug-likeness (QED) is 0.788. The fraction of sp³-hybridized carbons (Fsp3) is 0.357. The Morgan fingerprint density at radius 2 is 2.18 bits per heavy atom. The molecule has 0 spiro atoms. The number of nitrogens with one attached hydrogen (secondary N) is 2. The number of hydrogen-bond acceptors (Lipinski definition) is 5. The van der Waals surface area contributed by atoms with Crippen molar-refractivity contribution in [3.05, 3.63) is 23.2 Å². The summed E-state index contributed by atoms with van der Waals surface area (Å²) in [7, 11) is 0. The van der Waals surface area contributed by atoms with Gasteiger partial charge >= 0.3 is 0 Å². The lowest BCUT2D eigenvalue weighted by Gasteiger charge is -2.09. The Hall–Kier alpha value is -2.35. The summed E-state index contributed by atoms with van der Waals surface area (Å²) >= 11 is 1.21. The Morgan fingerprint density at radius 3 is 2.86 bits per heavy atom. The minimum atomic E-state index is -0.929. The average Bonchev–Trinajstić information content (AvgIpc) is 2.85. The smallest absolute Gasteiger partial charge is 0.262 e. The molecule has 2 rings (SSSR count). The van der Waals surface area contributed by atoms with Gasteiger partial charge in [0.25, 0.3) is 5.91 Å². The molecule has 1 aliphatic heterocycles. The van der Waals surface area contributed by atoms with Crippen molar-refractivity contribution in [3.63, 3.8) is 0 Å². The lowest BCUT2D eigenvalue weighted by molar-refractivity contribution is -0.128. The van der Waals surface area contributed by atoms with Crippen molar-refractivity contribution in [2.45, 2.75) is 26.3 Å². The lowest BCUT2D eigenvalue weighted by atomic mass is 10.1. The van der Waals surface area contributed by atoms with E-state index in [0.29, 0.717) is 10.8 Å². The highest BCUT2D eigenvalue weighted by Crippen LogP contribution is 2.18. The number of dihydropyridines is 1. The monoisotopic (exact) mass is 320 g/mol. The summed E-state index contributed by atoms with van der Waals surface area (Å²) in [5.41, 5.74) is 0.571. The molecular weight excluding hydrogens is 304 g/mol. The summed E-state index contributed by atoms with van der Waals surface area (Å²) in [4.78, 5) is 42.9. The Balaban J connectivity index is 1.93. The van der Waals surface area contributed by atoms with E-state index in [0.717, 1.165) is 0 Å². The van der Waals surface area contributed by atoms with Gasteiger partial charge in [-0.25, -0.2) is 9.98 Å². The number of carbonyl (C=O) groups is 3. The first kappa shape index (κ1) is 16.0. The third-order valence-electron chi connectivity index (χ3n) is 2.71. The zero-order valence-corrected chi connectivity index (χ0v) is 13.0. The SMILES string of the molecule is CC(C)NC(=O)Cc1csc(NC(=O)C2C=CC=NC2=O)n1. The van der Waals surface area contributed by atoms with Gasteiger partial charge in [0.2, 0.25) is 11.8 Å². The number of allylic oxidation sites excluding steroid dienone is 1. The van der Waals surface area contributed by atoms with E-state index in [-0.39, 0.29) is 18.4 Å². The zero-order chi connectivity index (χ0) is 16.1. The molecule has 0 aromatic carbocycles. The van der Waals surface area contributed by atoms with E-state index in [9.17, 15) is 14.4 Å². The van der Waals surface area contributed by atoms with Crippen molar-refractivity contribution in [2.75, 3.05) is 5.32 Å². The standard InChI is InChI=1S/C14H16N4O3S/c1-8(2)16-11(19)6-9-7-22-14(17-9)18-13(21)10-4-3-5-15-12(10)20/h3-5,7-8,10H,6H2,1-2H3,(H,16,19)(H,17,18,21). The van der Waals surface area contributed by atoms with Gasteiger partial charge in [-0.15, -0.1) is 11.3 Å². The van der Waals surface area contributed by atoms with Gasteiger partial charge in [-0.1, -0.05) is 6.08 Å². The predicted octanol–water partition coefficient (Wildman–Crippen LogP) is 0.932. The average molecular weight is 320 g/mol. The number of rotatable bonds is 5. The molecule has 22 heavy (non-hydrogen) atoms. The Bertz CT molecular complexity index is 648. The number of aromatic nitrogens is 1. The summed E-state index contributed by atoms with van der Waals surface area (Å²) in [5.74, 6) is -2.04. The molecule has 1 atom stereocenters. The van der Waals surface area contributed by atoms with Gasteiger partial charge in [0.15, 0.2) is 5.13 Å². The molecule has 0 radical (unpaired) electrons. The van der Waals surface area contributed by atoms with Crippen LogP contribution in [0.3, 0.4) is 0 Å². The molecule has 1 aromatic heterocycles. The molecule has 0 fully saturated rings. The van der Waals surface area contributed by atoms with Crippen molar-refractivity contribution >= 4 is 40.4 Å². The highest BCUT2D eigenvalue weighted by Gasteiger charge is 2.25. The second-order valence-corrected chi connectivity index (χ2v) is 5.87. The zero-order valence-electron chi connectivity index (χ0n) is 12.2. The number of carbonyl (C=O) groups excluding carboxylic acids is 3. The highest BCUT2D eigenvalue weighted by molar-refractivity contribution is 7.13. The van der Waals surface area contributed by atoms with Crippen LogP contribution < -0.4 is 10.6 Å². The largest absolute Gasteiger partial charge is 0.354 e. The van der Waals surface area contributed by atoms with Crippen LogP contribution in [0, 0.1) is 5.92 Å². The molecule has 2 N–H and O–H groups in total. The van der Waals surface area contributed by atoms with E-state index < -0.39 is 17.7 Å². The number of anilines is 1. The van der Waals surface area contributed by atoms with E-state index in [1.54, 1.807) is 11.5 Å². The van der Waals surface area contributed by atoms with Crippen molar-refractivity contribution in [3.8, 4) is 0 Å². The number of amides is 3. The molecule has 116 valence electrons. The number of thiazole rings is 1. The molecule has 8 heteroatoms. The number of aliphatic imine (C=N–C) groups is 1. The molecule has 0 bridgehead atoms. The second-order valence-electron chi connectivity index (χ2n) is 5.01. The minimum Gasteiger partial charge on any atom is -0.354 e. The molecule has 1 aliphatic rings. The molecule has 7 nitrogen and oxygen atoms in total. The van der Waals surface area contributed by atoms with E-state index in [1.807, 2.05) is 13.8 Å². The normalized spacial score (nSPS) is 16.9. The van der Waals surface area contributed by atoms with Crippen LogP contribution in [0.2, 0.25) is 0 Å². The van der Waals surface area contributed by atoms with Gasteiger partial charge in [-0.05, 0) is 19.9 Å². The molecule has 2 heterocycles. The summed E-state index contributed by atoms with van der Waals surface area (Å²) in [6.45, 7) is 3.75. The van der Waals surface area contributed by atoms with Crippen LogP contribution in [0.1, 0.15) is 19.5 Å². The van der Waals surface area contributed by atoms with Crippen LogP contribution in [0.15, 0.2) is 22.5 Å². The van der Waals surface area contributed by atoms with Gasteiger partial charge in [-0.2, -0.15) is 0 Å². The fourth-order valence-electron chi connectivity index (χ4n) is 1.81. The maximum atomic E-state index is 12.0. The van der Waals surface area contributed by atoms with Crippen molar-refractivity contribution in [1.82, 2.24) is 10.3 Å². The number of hydrogen-bond donors (Lipinski definition) is 2. The highest BCUT2D eigenvalue weighted by atomic mass is 32.1. The van der Waals surface area contributed by atoms with E-state index >= 15 is 0 Å². The maximum Gasteiger partial charge on any atom is 0.262 e. The Labute approximate surface area is 131 Å². The maximum absolute atomic E-state index is 12.0.